The second-order valence-electron chi connectivity index (χ2n) is 8.27. The van der Waals surface area contributed by atoms with Crippen molar-refractivity contribution in [1.29, 1.82) is 0 Å². The molecule has 184 valence electrons. The van der Waals surface area contributed by atoms with Crippen LogP contribution in [0.5, 0.6) is 0 Å². The van der Waals surface area contributed by atoms with E-state index in [9.17, 15) is 24.6 Å². The molecule has 2 heterocycles. The summed E-state index contributed by atoms with van der Waals surface area (Å²) in [6.07, 6.45) is -2.41. The number of carbonyl (C=O) groups excluding carboxylic acids is 3. The van der Waals surface area contributed by atoms with Crippen molar-refractivity contribution in [3.05, 3.63) is 83.9 Å². The van der Waals surface area contributed by atoms with E-state index in [1.54, 1.807) is 36.4 Å². The lowest BCUT2D eigenvalue weighted by Gasteiger charge is -2.46. The monoisotopic (exact) mass is 481 g/mol. The summed E-state index contributed by atoms with van der Waals surface area (Å²) in [5, 5.41) is 20.8. The number of allylic oxidation sites excluding steroid dienone is 1. The van der Waals surface area contributed by atoms with Crippen LogP contribution in [0.15, 0.2) is 67.3 Å². The van der Waals surface area contributed by atoms with Crippen LogP contribution in [0.3, 0.4) is 0 Å². The van der Waals surface area contributed by atoms with E-state index < -0.39 is 55.0 Å². The minimum Gasteiger partial charge on any atom is -0.453 e. The second kappa shape index (κ2) is 10.9. The Morgan fingerprint density at radius 3 is 2.29 bits per heavy atom. The molecule has 2 aromatic rings. The third-order valence-corrected chi connectivity index (χ3v) is 6.03. The van der Waals surface area contributed by atoms with E-state index >= 15 is 0 Å². The fourth-order valence-electron chi connectivity index (χ4n) is 4.27. The van der Waals surface area contributed by atoms with Gasteiger partial charge >= 0.3 is 5.97 Å². The Kier molecular flexibility index (Phi) is 7.72. The Hall–Kier alpha value is -3.37. The number of aliphatic hydroxyl groups is 2. The molecule has 5 atom stereocenters. The largest absolute Gasteiger partial charge is 0.453 e. The van der Waals surface area contributed by atoms with Gasteiger partial charge in [0.2, 0.25) is 0 Å². The van der Waals surface area contributed by atoms with Gasteiger partial charge in [-0.3, -0.25) is 14.5 Å². The summed E-state index contributed by atoms with van der Waals surface area (Å²) in [5.74, 6) is -2.00. The van der Waals surface area contributed by atoms with E-state index in [2.05, 4.69) is 6.58 Å². The third kappa shape index (κ3) is 4.89. The highest BCUT2D eigenvalue weighted by atomic mass is 16.7. The van der Waals surface area contributed by atoms with E-state index in [-0.39, 0.29) is 23.3 Å². The van der Waals surface area contributed by atoms with Gasteiger partial charge in [0.25, 0.3) is 11.8 Å². The molecule has 2 aliphatic rings. The van der Waals surface area contributed by atoms with Crippen molar-refractivity contribution in [2.45, 2.75) is 43.5 Å². The quantitative estimate of drug-likeness (QED) is 0.241. The Morgan fingerprint density at radius 2 is 1.69 bits per heavy atom. The highest BCUT2D eigenvalue weighted by molar-refractivity contribution is 6.21. The number of amides is 2. The standard InChI is InChI=1S/C26H27NO8/c1-2-3-9-14-33-26-20(27-23(30)17-12-7-8-13-18(17)24(27)31)22(21(29)19(15-28)34-26)35-25(32)16-10-5-4-6-11-16/h2,4-8,10-13,19-22,26,28-29H,1,3,9,14-15H2. The van der Waals surface area contributed by atoms with Crippen LogP contribution < -0.4 is 0 Å². The van der Waals surface area contributed by atoms with Gasteiger partial charge in [-0.05, 0) is 37.1 Å². The van der Waals surface area contributed by atoms with Crippen molar-refractivity contribution in [2.24, 2.45) is 0 Å². The molecule has 2 N–H and O–H groups in total. The van der Waals surface area contributed by atoms with Gasteiger partial charge in [0.05, 0.1) is 29.9 Å². The van der Waals surface area contributed by atoms with Crippen LogP contribution >= 0.6 is 0 Å². The number of unbranched alkanes of at least 4 members (excludes halogenated alkanes) is 1. The molecule has 1 saturated heterocycles. The summed E-state index contributed by atoms with van der Waals surface area (Å²) in [7, 11) is 0. The van der Waals surface area contributed by atoms with Crippen LogP contribution in [0.25, 0.3) is 0 Å². The maximum atomic E-state index is 13.3. The lowest BCUT2D eigenvalue weighted by Crippen LogP contribution is -2.66. The van der Waals surface area contributed by atoms with Gasteiger partial charge in [-0.15, -0.1) is 6.58 Å². The molecule has 0 spiro atoms. The number of imide groups is 1. The first kappa shape index (κ1) is 24.7. The number of carbonyl (C=O) groups is 3. The Labute approximate surface area is 202 Å². The summed E-state index contributed by atoms with van der Waals surface area (Å²) in [6, 6.07) is 13.1. The fraction of sp³-hybridized carbons (Fsp3) is 0.346. The van der Waals surface area contributed by atoms with Gasteiger partial charge in [-0.1, -0.05) is 36.4 Å². The van der Waals surface area contributed by atoms with Gasteiger partial charge in [-0.2, -0.15) is 0 Å². The lowest BCUT2D eigenvalue weighted by atomic mass is 9.95. The van der Waals surface area contributed by atoms with E-state index in [0.29, 0.717) is 12.8 Å². The average molecular weight is 482 g/mol. The van der Waals surface area contributed by atoms with Crippen molar-refractivity contribution < 1.29 is 38.8 Å². The van der Waals surface area contributed by atoms with Crippen LogP contribution in [-0.2, 0) is 14.2 Å². The number of nitrogens with zero attached hydrogens (tertiary/aromatic N) is 1. The Morgan fingerprint density at radius 1 is 1.06 bits per heavy atom. The molecule has 0 aliphatic carbocycles. The molecule has 0 radical (unpaired) electrons. The first-order chi connectivity index (χ1) is 17.0. The number of esters is 1. The molecule has 35 heavy (non-hydrogen) atoms. The van der Waals surface area contributed by atoms with E-state index in [1.165, 1.54) is 24.3 Å². The van der Waals surface area contributed by atoms with Crippen molar-refractivity contribution >= 4 is 17.8 Å². The molecule has 2 aromatic carbocycles. The van der Waals surface area contributed by atoms with Crippen LogP contribution in [0, 0.1) is 0 Å². The zero-order valence-corrected chi connectivity index (χ0v) is 19.0. The molecule has 2 amide bonds. The molecule has 0 bridgehead atoms. The average Bonchev–Trinajstić information content (AvgIpc) is 3.13. The van der Waals surface area contributed by atoms with Crippen LogP contribution in [0.4, 0.5) is 0 Å². The first-order valence-electron chi connectivity index (χ1n) is 11.4. The number of benzene rings is 2. The summed E-state index contributed by atoms with van der Waals surface area (Å²) < 4.78 is 17.3. The minimum atomic E-state index is -1.53. The van der Waals surface area contributed by atoms with Gasteiger partial charge < -0.3 is 24.4 Å². The maximum Gasteiger partial charge on any atom is 0.338 e. The van der Waals surface area contributed by atoms with E-state index in [4.69, 9.17) is 14.2 Å². The zero-order valence-electron chi connectivity index (χ0n) is 19.0. The maximum absolute atomic E-state index is 13.3. The summed E-state index contributed by atoms with van der Waals surface area (Å²) >= 11 is 0. The molecular formula is C26H27NO8. The molecule has 4 rings (SSSR count). The van der Waals surface area contributed by atoms with Crippen molar-refractivity contribution in [3.8, 4) is 0 Å². The Balaban J connectivity index is 1.71. The van der Waals surface area contributed by atoms with Crippen LogP contribution in [0.1, 0.15) is 43.9 Å². The fourth-order valence-corrected chi connectivity index (χ4v) is 4.27. The highest BCUT2D eigenvalue weighted by Crippen LogP contribution is 2.34. The predicted molar refractivity (Wildman–Crippen MR) is 124 cm³/mol. The topological polar surface area (TPSA) is 123 Å². The number of fused-ring (bicyclic) bond motifs is 1. The van der Waals surface area contributed by atoms with Gasteiger partial charge in [0.1, 0.15) is 18.2 Å². The molecule has 1 fully saturated rings. The normalized spacial score (nSPS) is 25.9. The molecule has 0 saturated carbocycles. The van der Waals surface area contributed by atoms with Crippen LogP contribution in [-0.4, -0.2) is 76.8 Å². The summed E-state index contributed by atoms with van der Waals surface area (Å²) in [6.45, 7) is 3.26. The number of hydrogen-bond acceptors (Lipinski definition) is 8. The minimum absolute atomic E-state index is 0.184. The molecule has 9 heteroatoms. The summed E-state index contributed by atoms with van der Waals surface area (Å²) in [5.41, 5.74) is 0.598. The number of rotatable bonds is 9. The molecule has 5 unspecified atom stereocenters. The van der Waals surface area contributed by atoms with Crippen molar-refractivity contribution in [2.75, 3.05) is 13.2 Å². The first-order valence-corrected chi connectivity index (χ1v) is 11.4. The van der Waals surface area contributed by atoms with Gasteiger partial charge in [-0.25, -0.2) is 4.79 Å². The number of aliphatic hydroxyl groups excluding tert-OH is 2. The summed E-state index contributed by atoms with van der Waals surface area (Å²) in [4.78, 5) is 40.4. The molecular weight excluding hydrogens is 454 g/mol. The van der Waals surface area contributed by atoms with E-state index in [1.807, 2.05) is 0 Å². The lowest BCUT2D eigenvalue weighted by molar-refractivity contribution is -0.278. The van der Waals surface area contributed by atoms with Crippen LogP contribution in [0.2, 0.25) is 0 Å². The second-order valence-corrected chi connectivity index (χ2v) is 8.27. The number of ether oxygens (including phenoxy) is 3. The molecule has 0 aromatic heterocycles. The number of hydrogen-bond donors (Lipinski definition) is 2. The SMILES string of the molecule is C=CCCCOC1OC(CO)C(O)C(OC(=O)c2ccccc2)C1N1C(=O)c2ccccc2C1=O. The smallest absolute Gasteiger partial charge is 0.338 e. The van der Waals surface area contributed by atoms with E-state index in [0.717, 1.165) is 4.90 Å². The zero-order chi connectivity index (χ0) is 24.9. The van der Waals surface area contributed by atoms with Crippen molar-refractivity contribution in [3.63, 3.8) is 0 Å². The predicted octanol–water partition coefficient (Wildman–Crippen LogP) is 1.94. The molecule has 2 aliphatic heterocycles. The van der Waals surface area contributed by atoms with Gasteiger partial charge in [0, 0.05) is 0 Å². The highest BCUT2D eigenvalue weighted by Gasteiger charge is 2.55. The van der Waals surface area contributed by atoms with Gasteiger partial charge in [0.15, 0.2) is 12.4 Å². The third-order valence-electron chi connectivity index (χ3n) is 6.03. The molecule has 9 nitrogen and oxygen atoms in total. The Bertz CT molecular complexity index is 1050. The van der Waals surface area contributed by atoms with Crippen molar-refractivity contribution in [1.82, 2.24) is 4.90 Å².